The van der Waals surface area contributed by atoms with Gasteiger partial charge in [0, 0.05) is 31.7 Å². The van der Waals surface area contributed by atoms with Gasteiger partial charge in [0.25, 0.3) is 0 Å². The van der Waals surface area contributed by atoms with Crippen LogP contribution in [0, 0.1) is 51.2 Å². The molecule has 0 radical (unpaired) electrons. The molecular formula is C45H68N2O5S. The van der Waals surface area contributed by atoms with Gasteiger partial charge in [-0.25, -0.2) is 13.2 Å². The standard InChI is InChI=1S/C45H68N2O5S/c1-30(2)34-16-21-45(47(26-27-48)25-24-46-29-33-9-8-28-53(33,51)52)23-22-43(6)36(39(34)45)14-15-38-42(5)19-17-35(31-10-12-32(13-11-31)40(49)50)41(3,4)37(42)18-20-44(38,43)7/h10-13,17,33-34,36-39,46,48H,1,8-9,14-16,18-29H2,2-7H3,(H,49,50)/t33-,34-,36+,37-,38+,39+,42-,43+,44+,45-/m0/s1. The Morgan fingerprint density at radius 2 is 1.66 bits per heavy atom. The number of carboxylic acids is 1. The van der Waals surface area contributed by atoms with Gasteiger partial charge in [0.1, 0.15) is 0 Å². The van der Waals surface area contributed by atoms with Gasteiger partial charge in [0.05, 0.1) is 23.2 Å². The number of aromatic carboxylic acids is 1. The first-order chi connectivity index (χ1) is 25.0. The van der Waals surface area contributed by atoms with Crippen molar-refractivity contribution >= 4 is 21.4 Å². The number of nitrogens with zero attached hydrogens (tertiary/aromatic N) is 1. The molecule has 5 fully saturated rings. The molecule has 7 nitrogen and oxygen atoms in total. The molecule has 1 saturated heterocycles. The molecule has 0 aromatic heterocycles. The number of β-amino-alcohol motifs (C(OH)–C–C–N with tert-alkyl or cyclic N) is 1. The van der Waals surface area contributed by atoms with Gasteiger partial charge in [-0.05, 0) is 152 Å². The third-order valence-corrected chi connectivity index (χ3v) is 19.7. The average molecular weight is 749 g/mol. The third-order valence-electron chi connectivity index (χ3n) is 17.4. The predicted molar refractivity (Wildman–Crippen MR) is 214 cm³/mol. The Morgan fingerprint density at radius 3 is 2.30 bits per heavy atom. The van der Waals surface area contributed by atoms with Gasteiger partial charge in [-0.2, -0.15) is 0 Å². The van der Waals surface area contributed by atoms with Crippen molar-refractivity contribution in [1.82, 2.24) is 10.2 Å². The van der Waals surface area contributed by atoms with E-state index in [2.05, 4.69) is 64.4 Å². The number of benzene rings is 1. The fourth-order valence-electron chi connectivity index (χ4n) is 14.8. The second-order valence-corrected chi connectivity index (χ2v) is 22.2. The maximum absolute atomic E-state index is 12.5. The molecule has 1 heterocycles. The van der Waals surface area contributed by atoms with Crippen molar-refractivity contribution < 1.29 is 23.4 Å². The second-order valence-electron chi connectivity index (χ2n) is 19.8. The lowest BCUT2D eigenvalue weighted by Crippen LogP contribution is -2.68. The molecule has 0 spiro atoms. The number of aliphatic hydroxyl groups is 1. The molecule has 10 atom stereocenters. The van der Waals surface area contributed by atoms with Gasteiger partial charge in [-0.15, -0.1) is 0 Å². The van der Waals surface area contributed by atoms with Crippen LogP contribution in [0.15, 0.2) is 42.5 Å². The van der Waals surface area contributed by atoms with Crippen LogP contribution in [0.5, 0.6) is 0 Å². The monoisotopic (exact) mass is 748 g/mol. The molecule has 6 aliphatic rings. The first-order valence-electron chi connectivity index (χ1n) is 20.9. The lowest BCUT2D eigenvalue weighted by molar-refractivity contribution is -0.228. The first-order valence-corrected chi connectivity index (χ1v) is 22.7. The smallest absolute Gasteiger partial charge is 0.335 e. The maximum Gasteiger partial charge on any atom is 0.335 e. The summed E-state index contributed by atoms with van der Waals surface area (Å²) in [6, 6.07) is 7.55. The molecule has 53 heavy (non-hydrogen) atoms. The van der Waals surface area contributed by atoms with Crippen LogP contribution in [0.25, 0.3) is 5.57 Å². The molecule has 5 aliphatic carbocycles. The number of nitrogens with one attached hydrogen (secondary N) is 1. The van der Waals surface area contributed by atoms with E-state index in [1.165, 1.54) is 43.3 Å². The fraction of sp³-hybridized carbons (Fsp3) is 0.756. The van der Waals surface area contributed by atoms with Crippen LogP contribution in [0.3, 0.4) is 0 Å². The lowest BCUT2D eigenvalue weighted by Gasteiger charge is -2.73. The molecule has 294 valence electrons. The topological polar surface area (TPSA) is 107 Å². The van der Waals surface area contributed by atoms with Gasteiger partial charge < -0.3 is 15.5 Å². The summed E-state index contributed by atoms with van der Waals surface area (Å²) >= 11 is 0. The summed E-state index contributed by atoms with van der Waals surface area (Å²) in [5.41, 5.74) is 4.82. The van der Waals surface area contributed by atoms with E-state index in [1.54, 1.807) is 12.1 Å². The van der Waals surface area contributed by atoms with E-state index in [1.807, 2.05) is 12.1 Å². The lowest BCUT2D eigenvalue weighted by atomic mass is 9.33. The summed E-state index contributed by atoms with van der Waals surface area (Å²) in [6.45, 7) is 22.7. The molecule has 0 unspecified atom stereocenters. The summed E-state index contributed by atoms with van der Waals surface area (Å²) in [4.78, 5) is 14.2. The highest BCUT2D eigenvalue weighted by Gasteiger charge is 2.71. The molecular weight excluding hydrogens is 681 g/mol. The Hall–Kier alpha value is -2.00. The molecule has 4 saturated carbocycles. The highest BCUT2D eigenvalue weighted by atomic mass is 32.2. The number of allylic oxidation sites excluding steroid dienone is 3. The van der Waals surface area contributed by atoms with Crippen LogP contribution in [0.1, 0.15) is 128 Å². The van der Waals surface area contributed by atoms with Crippen molar-refractivity contribution in [3.63, 3.8) is 0 Å². The van der Waals surface area contributed by atoms with E-state index < -0.39 is 15.8 Å². The minimum absolute atomic E-state index is 0.0180. The summed E-state index contributed by atoms with van der Waals surface area (Å²) in [5.74, 6) is 2.21. The van der Waals surface area contributed by atoms with Gasteiger partial charge in [-0.3, -0.25) is 4.90 Å². The largest absolute Gasteiger partial charge is 0.478 e. The summed E-state index contributed by atoms with van der Waals surface area (Å²) < 4.78 is 25.0. The van der Waals surface area contributed by atoms with Crippen LogP contribution in [0.4, 0.5) is 0 Å². The highest BCUT2D eigenvalue weighted by molar-refractivity contribution is 7.92. The number of carbonyl (C=O) groups is 1. The minimum atomic E-state index is -2.97. The highest BCUT2D eigenvalue weighted by Crippen LogP contribution is 2.77. The van der Waals surface area contributed by atoms with Crippen LogP contribution in [-0.2, 0) is 9.84 Å². The Bertz CT molecular complexity index is 1720. The Labute approximate surface area is 320 Å². The maximum atomic E-state index is 12.5. The molecule has 0 amide bonds. The Morgan fingerprint density at radius 1 is 0.925 bits per heavy atom. The number of sulfone groups is 1. The molecule has 0 bridgehead atoms. The van der Waals surface area contributed by atoms with E-state index in [0.29, 0.717) is 54.0 Å². The van der Waals surface area contributed by atoms with Gasteiger partial charge in [0.15, 0.2) is 9.84 Å². The van der Waals surface area contributed by atoms with Crippen molar-refractivity contribution in [1.29, 1.82) is 0 Å². The van der Waals surface area contributed by atoms with Crippen molar-refractivity contribution in [2.45, 2.75) is 123 Å². The fourth-order valence-corrected chi connectivity index (χ4v) is 16.6. The molecule has 7 rings (SSSR count). The van der Waals surface area contributed by atoms with Gasteiger partial charge >= 0.3 is 5.97 Å². The SMILES string of the molecule is C=C(C)[C@@H]1CC[C@]2(N(CCO)CCNC[C@@H]3CCCS3(=O)=O)CC[C@]3(C)[C@H](CC[C@@H]4[C@@]5(C)CC=C(c6ccc(C(=O)O)cc6)C(C)(C)[C@@H]5CC[C@]43C)[C@@H]12. The number of hydrogen-bond donors (Lipinski definition) is 3. The van der Waals surface area contributed by atoms with Crippen LogP contribution >= 0.6 is 0 Å². The molecule has 8 heteroatoms. The summed E-state index contributed by atoms with van der Waals surface area (Å²) in [7, 11) is -2.97. The number of rotatable bonds is 11. The Kier molecular flexibility index (Phi) is 10.3. The quantitative estimate of drug-likeness (QED) is 0.155. The Balaban J connectivity index is 1.16. The van der Waals surface area contributed by atoms with E-state index in [-0.39, 0.29) is 39.1 Å². The van der Waals surface area contributed by atoms with Crippen molar-refractivity contribution in [3.05, 3.63) is 53.6 Å². The number of hydrogen-bond acceptors (Lipinski definition) is 6. The normalized spacial score (nSPS) is 41.2. The van der Waals surface area contributed by atoms with Crippen molar-refractivity contribution in [3.8, 4) is 0 Å². The number of fused-ring (bicyclic) bond motifs is 7. The van der Waals surface area contributed by atoms with Crippen molar-refractivity contribution in [2.75, 3.05) is 38.5 Å². The van der Waals surface area contributed by atoms with E-state index >= 15 is 0 Å². The molecule has 1 aromatic carbocycles. The van der Waals surface area contributed by atoms with E-state index in [4.69, 9.17) is 0 Å². The van der Waals surface area contributed by atoms with Crippen LogP contribution in [0.2, 0.25) is 0 Å². The zero-order valence-electron chi connectivity index (χ0n) is 33.6. The third kappa shape index (κ3) is 6.05. The summed E-state index contributed by atoms with van der Waals surface area (Å²) in [6.07, 6.45) is 14.7. The first kappa shape index (κ1) is 39.2. The number of aliphatic hydroxyl groups excluding tert-OH is 1. The van der Waals surface area contributed by atoms with Crippen molar-refractivity contribution in [2.24, 2.45) is 51.2 Å². The predicted octanol–water partition coefficient (Wildman–Crippen LogP) is 8.25. The molecule has 1 aliphatic heterocycles. The summed E-state index contributed by atoms with van der Waals surface area (Å²) in [5, 5.41) is 23.2. The van der Waals surface area contributed by atoms with E-state index in [9.17, 15) is 23.4 Å². The van der Waals surface area contributed by atoms with Crippen LogP contribution in [-0.4, -0.2) is 78.8 Å². The average Bonchev–Trinajstić information content (AvgIpc) is 3.66. The van der Waals surface area contributed by atoms with E-state index in [0.717, 1.165) is 57.2 Å². The minimum Gasteiger partial charge on any atom is -0.478 e. The number of carboxylic acid groups (broad SMARTS) is 1. The molecule has 3 N–H and O–H groups in total. The van der Waals surface area contributed by atoms with Crippen LogP contribution < -0.4 is 5.32 Å². The zero-order chi connectivity index (χ0) is 38.2. The van der Waals surface area contributed by atoms with Gasteiger partial charge in [-0.1, -0.05) is 65.0 Å². The van der Waals surface area contributed by atoms with Gasteiger partial charge in [0.2, 0.25) is 0 Å². The zero-order valence-corrected chi connectivity index (χ0v) is 34.4. The second kappa shape index (κ2) is 13.9. The molecule has 1 aromatic rings.